The highest BCUT2D eigenvalue weighted by Crippen LogP contribution is 2.43. The predicted molar refractivity (Wildman–Crippen MR) is 113 cm³/mol. The largest absolute Gasteiger partial charge is 0.362 e. The summed E-state index contributed by atoms with van der Waals surface area (Å²) in [4.78, 5) is 17.0. The summed E-state index contributed by atoms with van der Waals surface area (Å²) < 4.78 is 0. The van der Waals surface area contributed by atoms with Gasteiger partial charge in [-0.1, -0.05) is 50.2 Å². The summed E-state index contributed by atoms with van der Waals surface area (Å²) in [7, 11) is 4.03. The van der Waals surface area contributed by atoms with Crippen molar-refractivity contribution in [1.29, 1.82) is 0 Å². The molecule has 1 aliphatic heterocycles. The van der Waals surface area contributed by atoms with Crippen molar-refractivity contribution in [2.75, 3.05) is 19.0 Å². The smallest absolute Gasteiger partial charge is 0.180 e. The number of nitrogens with zero attached hydrogens (tertiary/aromatic N) is 4. The lowest BCUT2D eigenvalue weighted by atomic mass is 9.66. The van der Waals surface area contributed by atoms with Crippen LogP contribution < -0.4 is 4.90 Å². The van der Waals surface area contributed by atoms with Crippen molar-refractivity contribution in [3.05, 3.63) is 65.5 Å². The lowest BCUT2D eigenvalue weighted by Crippen LogP contribution is -2.46. The first-order valence-electron chi connectivity index (χ1n) is 9.36. The summed E-state index contributed by atoms with van der Waals surface area (Å²) in [6.45, 7) is 8.91. The van der Waals surface area contributed by atoms with Gasteiger partial charge < -0.3 is 4.90 Å². The van der Waals surface area contributed by atoms with E-state index in [-0.39, 0.29) is 11.0 Å². The maximum Gasteiger partial charge on any atom is 0.180 e. The van der Waals surface area contributed by atoms with Gasteiger partial charge in [0, 0.05) is 30.5 Å². The van der Waals surface area contributed by atoms with E-state index in [0.29, 0.717) is 5.82 Å². The summed E-state index contributed by atoms with van der Waals surface area (Å²) in [6, 6.07) is 16.7. The van der Waals surface area contributed by atoms with Gasteiger partial charge in [-0.3, -0.25) is 4.99 Å². The third-order valence-corrected chi connectivity index (χ3v) is 5.99. The zero-order valence-corrected chi connectivity index (χ0v) is 16.9. The number of rotatable bonds is 2. The third-order valence-electron chi connectivity index (χ3n) is 5.99. The summed E-state index contributed by atoms with van der Waals surface area (Å²) in [6.07, 6.45) is 0. The van der Waals surface area contributed by atoms with Gasteiger partial charge >= 0.3 is 0 Å². The molecular weight excluding hydrogens is 332 g/mol. The Balaban J connectivity index is 2.02. The van der Waals surface area contributed by atoms with Crippen LogP contribution in [0.1, 0.15) is 44.6 Å². The number of benzene rings is 2. The molecular formula is C23H26N4. The first-order chi connectivity index (χ1) is 12.7. The van der Waals surface area contributed by atoms with E-state index in [1.807, 2.05) is 37.2 Å². The molecule has 3 aromatic rings. The number of para-hydroxylation sites is 1. The average Bonchev–Trinajstić information content (AvgIpc) is 2.64. The summed E-state index contributed by atoms with van der Waals surface area (Å²) in [5.74, 6) is 1.60. The Morgan fingerprint density at radius 2 is 1.48 bits per heavy atom. The molecule has 4 rings (SSSR count). The molecule has 1 aromatic heterocycles. The van der Waals surface area contributed by atoms with Crippen molar-refractivity contribution in [2.24, 2.45) is 4.99 Å². The van der Waals surface area contributed by atoms with Gasteiger partial charge in [-0.25, -0.2) is 9.97 Å². The topological polar surface area (TPSA) is 41.4 Å². The van der Waals surface area contributed by atoms with Crippen molar-refractivity contribution in [3.8, 4) is 0 Å². The molecule has 27 heavy (non-hydrogen) atoms. The minimum Gasteiger partial charge on any atom is -0.362 e. The second-order valence-electron chi connectivity index (χ2n) is 8.47. The predicted octanol–water partition coefficient (Wildman–Crippen LogP) is 4.60. The fourth-order valence-electron chi connectivity index (χ4n) is 3.72. The monoisotopic (exact) mass is 358 g/mol. The summed E-state index contributed by atoms with van der Waals surface area (Å²) in [5.41, 5.74) is 3.90. The van der Waals surface area contributed by atoms with Crippen molar-refractivity contribution < 1.29 is 0 Å². The Bertz CT molecular complexity index is 1060. The van der Waals surface area contributed by atoms with Crippen molar-refractivity contribution in [1.82, 2.24) is 9.97 Å². The molecule has 0 spiro atoms. The molecule has 4 nitrogen and oxygen atoms in total. The molecule has 0 aliphatic carbocycles. The minimum absolute atomic E-state index is 0.0751. The molecule has 0 bridgehead atoms. The molecule has 2 aromatic carbocycles. The standard InChI is InChI=1S/C23H26N4/c1-22(2)17-13-9-7-11-15(17)19(26-23(22,3)4)20-24-18-14-10-8-12-16(18)21(25-20)27(5)6/h7-14H,1-6H3. The van der Waals surface area contributed by atoms with Crippen LogP contribution in [0, 0.1) is 0 Å². The van der Waals surface area contributed by atoms with Gasteiger partial charge in [0.05, 0.1) is 11.1 Å². The van der Waals surface area contributed by atoms with E-state index in [4.69, 9.17) is 15.0 Å². The maximum absolute atomic E-state index is 5.16. The molecule has 1 aliphatic rings. The van der Waals surface area contributed by atoms with Gasteiger partial charge in [-0.15, -0.1) is 0 Å². The highest BCUT2D eigenvalue weighted by Gasteiger charge is 2.44. The van der Waals surface area contributed by atoms with Crippen molar-refractivity contribution in [3.63, 3.8) is 0 Å². The van der Waals surface area contributed by atoms with Gasteiger partial charge in [0.15, 0.2) is 5.82 Å². The normalized spacial score (nSPS) is 17.3. The number of aromatic nitrogens is 2. The minimum atomic E-state index is -0.260. The number of fused-ring (bicyclic) bond motifs is 2. The highest BCUT2D eigenvalue weighted by atomic mass is 15.2. The van der Waals surface area contributed by atoms with Gasteiger partial charge in [0.2, 0.25) is 0 Å². The fraction of sp³-hybridized carbons (Fsp3) is 0.348. The Labute approximate surface area is 161 Å². The first-order valence-corrected chi connectivity index (χ1v) is 9.36. The van der Waals surface area contributed by atoms with E-state index in [2.05, 4.69) is 58.0 Å². The molecule has 0 N–H and O–H groups in total. The van der Waals surface area contributed by atoms with Crippen LogP contribution in [0.25, 0.3) is 10.9 Å². The quantitative estimate of drug-likeness (QED) is 0.672. The van der Waals surface area contributed by atoms with Crippen molar-refractivity contribution in [2.45, 2.75) is 38.6 Å². The highest BCUT2D eigenvalue weighted by molar-refractivity contribution is 6.14. The molecule has 4 heteroatoms. The maximum atomic E-state index is 5.16. The van der Waals surface area contributed by atoms with Crippen LogP contribution in [0.2, 0.25) is 0 Å². The first kappa shape index (κ1) is 17.7. The lowest BCUT2D eigenvalue weighted by Gasteiger charge is -2.44. The van der Waals surface area contributed by atoms with Gasteiger partial charge in [0.1, 0.15) is 11.5 Å². The Morgan fingerprint density at radius 1 is 0.815 bits per heavy atom. The molecule has 0 unspecified atom stereocenters. The molecule has 0 saturated carbocycles. The van der Waals surface area contributed by atoms with Crippen LogP contribution in [0.3, 0.4) is 0 Å². The summed E-state index contributed by atoms with van der Waals surface area (Å²) >= 11 is 0. The Morgan fingerprint density at radius 3 is 2.22 bits per heavy atom. The van der Waals surface area contributed by atoms with Crippen LogP contribution >= 0.6 is 0 Å². The number of aliphatic imine (C=N–C) groups is 1. The lowest BCUT2D eigenvalue weighted by molar-refractivity contribution is 0.303. The molecule has 0 radical (unpaired) electrons. The zero-order chi connectivity index (χ0) is 19.4. The Kier molecular flexibility index (Phi) is 3.84. The number of hydrogen-bond donors (Lipinski definition) is 0. The molecule has 0 amide bonds. The van der Waals surface area contributed by atoms with Gasteiger partial charge in [0.25, 0.3) is 0 Å². The van der Waals surface area contributed by atoms with Gasteiger partial charge in [-0.2, -0.15) is 0 Å². The summed E-state index contributed by atoms with van der Waals surface area (Å²) in [5, 5.41) is 1.05. The number of anilines is 1. The number of hydrogen-bond acceptors (Lipinski definition) is 4. The van der Waals surface area contributed by atoms with Crippen LogP contribution in [0.15, 0.2) is 53.5 Å². The van der Waals surface area contributed by atoms with Crippen molar-refractivity contribution >= 4 is 22.4 Å². The molecule has 0 fully saturated rings. The molecule has 2 heterocycles. The fourth-order valence-corrected chi connectivity index (χ4v) is 3.72. The molecule has 138 valence electrons. The van der Waals surface area contributed by atoms with Crippen LogP contribution in [0.5, 0.6) is 0 Å². The zero-order valence-electron chi connectivity index (χ0n) is 16.9. The second kappa shape index (κ2) is 5.88. The Hall–Kier alpha value is -2.75. The van der Waals surface area contributed by atoms with Crippen LogP contribution in [0.4, 0.5) is 5.82 Å². The third kappa shape index (κ3) is 2.62. The van der Waals surface area contributed by atoms with E-state index >= 15 is 0 Å². The SMILES string of the molecule is CN(C)c1nc(C2=NC(C)(C)C(C)(C)c3ccccc32)nc2ccccc12. The van der Waals surface area contributed by atoms with E-state index in [0.717, 1.165) is 28.0 Å². The van der Waals surface area contributed by atoms with E-state index in [9.17, 15) is 0 Å². The van der Waals surface area contributed by atoms with E-state index < -0.39 is 0 Å². The second-order valence-corrected chi connectivity index (χ2v) is 8.47. The molecule has 0 saturated heterocycles. The van der Waals surface area contributed by atoms with Gasteiger partial charge in [-0.05, 0) is 31.5 Å². The molecule has 0 atom stereocenters. The van der Waals surface area contributed by atoms with Crippen LogP contribution in [-0.4, -0.2) is 35.3 Å². The average molecular weight is 358 g/mol. The van der Waals surface area contributed by atoms with E-state index in [1.54, 1.807) is 0 Å². The van der Waals surface area contributed by atoms with E-state index in [1.165, 1.54) is 5.56 Å². The van der Waals surface area contributed by atoms with Crippen LogP contribution in [-0.2, 0) is 5.41 Å².